The van der Waals surface area contributed by atoms with E-state index in [4.69, 9.17) is 22.4 Å². The van der Waals surface area contributed by atoms with Gasteiger partial charge in [0.2, 0.25) is 5.91 Å². The van der Waals surface area contributed by atoms with Gasteiger partial charge in [0, 0.05) is 18.7 Å². The van der Waals surface area contributed by atoms with Crippen LogP contribution in [0.3, 0.4) is 0 Å². The smallest absolute Gasteiger partial charge is 0.308 e. The van der Waals surface area contributed by atoms with E-state index < -0.39 is 11.9 Å². The van der Waals surface area contributed by atoms with Crippen LogP contribution in [-0.2, 0) is 9.59 Å². The first-order valence-electron chi connectivity index (χ1n) is 5.07. The molecule has 0 bridgehead atoms. The number of carboxylic acid groups (broad SMARTS) is 1. The van der Waals surface area contributed by atoms with Crippen molar-refractivity contribution in [2.45, 2.75) is 6.42 Å². The molecule has 1 aliphatic rings. The molecule has 1 aliphatic heterocycles. The van der Waals surface area contributed by atoms with Crippen molar-refractivity contribution < 1.29 is 14.7 Å². The van der Waals surface area contributed by atoms with Crippen molar-refractivity contribution in [2.24, 2.45) is 5.92 Å². The summed E-state index contributed by atoms with van der Waals surface area (Å²) < 4.78 is 0. The summed E-state index contributed by atoms with van der Waals surface area (Å²) in [7, 11) is 0. The van der Waals surface area contributed by atoms with Crippen molar-refractivity contribution in [2.75, 3.05) is 17.2 Å². The van der Waals surface area contributed by atoms with E-state index in [2.05, 4.69) is 0 Å². The number of benzene rings is 1. The standard InChI is InChI=1S/C11H11ClN2O3/c12-8-4-7(1-2-9(8)13)14-5-6(11(16)17)3-10(14)15/h1-2,4,6H,3,5,13H2,(H,16,17). The molecule has 1 atom stereocenters. The van der Waals surface area contributed by atoms with Crippen LogP contribution in [0.2, 0.25) is 5.02 Å². The van der Waals surface area contributed by atoms with Gasteiger partial charge in [-0.1, -0.05) is 11.6 Å². The molecule has 90 valence electrons. The van der Waals surface area contributed by atoms with Gasteiger partial charge in [-0.3, -0.25) is 9.59 Å². The lowest BCUT2D eigenvalue weighted by atomic mass is 10.1. The van der Waals surface area contributed by atoms with Crippen molar-refractivity contribution in [1.82, 2.24) is 0 Å². The first-order chi connectivity index (χ1) is 7.99. The molecule has 1 aromatic rings. The quantitative estimate of drug-likeness (QED) is 0.781. The monoisotopic (exact) mass is 254 g/mol. The Kier molecular flexibility index (Phi) is 2.93. The molecule has 1 fully saturated rings. The number of anilines is 2. The summed E-state index contributed by atoms with van der Waals surface area (Å²) in [5, 5.41) is 9.23. The number of carbonyl (C=O) groups excluding carboxylic acids is 1. The van der Waals surface area contributed by atoms with Crippen molar-refractivity contribution in [3.8, 4) is 0 Å². The Morgan fingerprint density at radius 1 is 1.53 bits per heavy atom. The molecule has 1 aromatic carbocycles. The van der Waals surface area contributed by atoms with Gasteiger partial charge in [-0.2, -0.15) is 0 Å². The molecular formula is C11H11ClN2O3. The van der Waals surface area contributed by atoms with Crippen molar-refractivity contribution >= 4 is 34.9 Å². The minimum Gasteiger partial charge on any atom is -0.481 e. The van der Waals surface area contributed by atoms with Crippen LogP contribution in [0.5, 0.6) is 0 Å². The van der Waals surface area contributed by atoms with Gasteiger partial charge in [-0.05, 0) is 18.2 Å². The average Bonchev–Trinajstić information content (AvgIpc) is 2.65. The van der Waals surface area contributed by atoms with Crippen LogP contribution < -0.4 is 10.6 Å². The zero-order chi connectivity index (χ0) is 12.6. The Bertz CT molecular complexity index is 490. The van der Waals surface area contributed by atoms with Gasteiger partial charge in [0.15, 0.2) is 0 Å². The van der Waals surface area contributed by atoms with Gasteiger partial charge in [0.25, 0.3) is 0 Å². The predicted molar refractivity (Wildman–Crippen MR) is 64.0 cm³/mol. The molecule has 1 saturated heterocycles. The van der Waals surface area contributed by atoms with E-state index in [1.807, 2.05) is 0 Å². The summed E-state index contributed by atoms with van der Waals surface area (Å²) >= 11 is 5.86. The molecule has 0 radical (unpaired) electrons. The third kappa shape index (κ3) is 2.19. The van der Waals surface area contributed by atoms with Crippen molar-refractivity contribution in [3.05, 3.63) is 23.2 Å². The molecule has 1 unspecified atom stereocenters. The number of nitrogens with zero attached hydrogens (tertiary/aromatic N) is 1. The number of nitrogens with two attached hydrogens (primary N) is 1. The molecule has 3 N–H and O–H groups in total. The molecule has 0 aliphatic carbocycles. The number of rotatable bonds is 2. The number of amides is 1. The Hall–Kier alpha value is -1.75. The third-order valence-corrected chi connectivity index (χ3v) is 3.10. The van der Waals surface area contributed by atoms with E-state index in [0.717, 1.165) is 0 Å². The van der Waals surface area contributed by atoms with Crippen LogP contribution in [0.25, 0.3) is 0 Å². The minimum absolute atomic E-state index is 0.0251. The first-order valence-corrected chi connectivity index (χ1v) is 5.45. The molecule has 1 amide bonds. The van der Waals surface area contributed by atoms with Crippen LogP contribution in [0.4, 0.5) is 11.4 Å². The fourth-order valence-electron chi connectivity index (χ4n) is 1.81. The van der Waals surface area contributed by atoms with Gasteiger partial charge in [-0.15, -0.1) is 0 Å². The van der Waals surface area contributed by atoms with Crippen LogP contribution in [-0.4, -0.2) is 23.5 Å². The zero-order valence-corrected chi connectivity index (χ0v) is 9.65. The number of carboxylic acids is 1. The maximum atomic E-state index is 11.7. The highest BCUT2D eigenvalue weighted by Gasteiger charge is 2.35. The van der Waals surface area contributed by atoms with Gasteiger partial charge in [-0.25, -0.2) is 0 Å². The number of halogens is 1. The number of hydrogen-bond acceptors (Lipinski definition) is 3. The van der Waals surface area contributed by atoms with Crippen LogP contribution in [0.1, 0.15) is 6.42 Å². The largest absolute Gasteiger partial charge is 0.481 e. The Labute approximate surface area is 103 Å². The molecule has 0 spiro atoms. The van der Waals surface area contributed by atoms with Gasteiger partial charge in [0.05, 0.1) is 16.6 Å². The fourth-order valence-corrected chi connectivity index (χ4v) is 1.98. The maximum Gasteiger partial charge on any atom is 0.308 e. The Morgan fingerprint density at radius 2 is 2.24 bits per heavy atom. The SMILES string of the molecule is Nc1ccc(N2CC(C(=O)O)CC2=O)cc1Cl. The summed E-state index contributed by atoms with van der Waals surface area (Å²) in [6, 6.07) is 4.82. The fraction of sp³-hybridized carbons (Fsp3) is 0.273. The topological polar surface area (TPSA) is 83.6 Å². The number of nitrogen functional groups attached to an aromatic ring is 1. The second-order valence-corrected chi connectivity index (χ2v) is 4.36. The lowest BCUT2D eigenvalue weighted by Crippen LogP contribution is -2.25. The Balaban J connectivity index is 2.26. The lowest BCUT2D eigenvalue weighted by Gasteiger charge is -2.16. The first kappa shape index (κ1) is 11.7. The van der Waals surface area contributed by atoms with E-state index in [-0.39, 0.29) is 18.9 Å². The highest BCUT2D eigenvalue weighted by molar-refractivity contribution is 6.33. The zero-order valence-electron chi connectivity index (χ0n) is 8.89. The number of aliphatic carboxylic acids is 1. The van der Waals surface area contributed by atoms with Gasteiger partial charge < -0.3 is 15.7 Å². The summed E-state index contributed by atoms with van der Waals surface area (Å²) in [5.41, 5.74) is 6.58. The number of carbonyl (C=O) groups is 2. The molecule has 1 heterocycles. The lowest BCUT2D eigenvalue weighted by molar-refractivity contribution is -0.141. The summed E-state index contributed by atoms with van der Waals surface area (Å²) in [6.45, 7) is 0.175. The molecule has 0 aromatic heterocycles. The highest BCUT2D eigenvalue weighted by Crippen LogP contribution is 2.29. The van der Waals surface area contributed by atoms with E-state index in [1.165, 1.54) is 4.90 Å². The second-order valence-electron chi connectivity index (χ2n) is 3.95. The molecule has 17 heavy (non-hydrogen) atoms. The van der Waals surface area contributed by atoms with E-state index >= 15 is 0 Å². The van der Waals surface area contributed by atoms with Crippen LogP contribution >= 0.6 is 11.6 Å². The molecule has 0 saturated carbocycles. The predicted octanol–water partition coefficient (Wildman–Crippen LogP) is 1.36. The third-order valence-electron chi connectivity index (χ3n) is 2.77. The number of hydrogen-bond donors (Lipinski definition) is 2. The molecule has 2 rings (SSSR count). The van der Waals surface area contributed by atoms with E-state index in [1.54, 1.807) is 18.2 Å². The van der Waals surface area contributed by atoms with Gasteiger partial charge in [0.1, 0.15) is 0 Å². The van der Waals surface area contributed by atoms with E-state index in [9.17, 15) is 9.59 Å². The average molecular weight is 255 g/mol. The van der Waals surface area contributed by atoms with E-state index in [0.29, 0.717) is 16.4 Å². The highest BCUT2D eigenvalue weighted by atomic mass is 35.5. The molecular weight excluding hydrogens is 244 g/mol. The summed E-state index contributed by atoms with van der Waals surface area (Å²) in [6.07, 6.45) is 0.0251. The minimum atomic E-state index is -0.956. The summed E-state index contributed by atoms with van der Waals surface area (Å²) in [4.78, 5) is 23.9. The normalized spacial score (nSPS) is 19.7. The maximum absolute atomic E-state index is 11.7. The summed E-state index contributed by atoms with van der Waals surface area (Å²) in [5.74, 6) is -1.82. The van der Waals surface area contributed by atoms with Crippen LogP contribution in [0, 0.1) is 5.92 Å². The second kappa shape index (κ2) is 4.25. The Morgan fingerprint density at radius 3 is 2.76 bits per heavy atom. The van der Waals surface area contributed by atoms with Crippen molar-refractivity contribution in [1.29, 1.82) is 0 Å². The molecule has 5 nitrogen and oxygen atoms in total. The van der Waals surface area contributed by atoms with Crippen LogP contribution in [0.15, 0.2) is 18.2 Å². The van der Waals surface area contributed by atoms with Gasteiger partial charge >= 0.3 is 5.97 Å². The molecule has 6 heteroatoms. The van der Waals surface area contributed by atoms with Crippen molar-refractivity contribution in [3.63, 3.8) is 0 Å².